The van der Waals surface area contributed by atoms with Gasteiger partial charge < -0.3 is 25.8 Å². The maximum absolute atomic E-state index is 11.2. The van der Waals surface area contributed by atoms with Crippen molar-refractivity contribution < 1.29 is 4.79 Å². The summed E-state index contributed by atoms with van der Waals surface area (Å²) in [5.41, 5.74) is 10.9. The average molecular weight is 459 g/mol. The number of fused-ring (bicyclic) bond motifs is 1. The molecule has 34 heavy (non-hydrogen) atoms. The van der Waals surface area contributed by atoms with Gasteiger partial charge in [0.25, 0.3) is 0 Å². The second-order valence-corrected chi connectivity index (χ2v) is 9.00. The molecule has 0 bridgehead atoms. The first kappa shape index (κ1) is 22.1. The summed E-state index contributed by atoms with van der Waals surface area (Å²) in [5.74, 6) is 2.52. The lowest BCUT2D eigenvalue weighted by Crippen LogP contribution is -2.45. The number of amides is 1. The number of nitrogens with two attached hydrogens (primary N) is 1. The van der Waals surface area contributed by atoms with Gasteiger partial charge in [0.2, 0.25) is 11.9 Å². The van der Waals surface area contributed by atoms with E-state index < -0.39 is 0 Å². The molecule has 9 heteroatoms. The summed E-state index contributed by atoms with van der Waals surface area (Å²) in [7, 11) is 2.14. The molecule has 4 heterocycles. The average Bonchev–Trinajstić information content (AvgIpc) is 2.83. The standard InChI is InChI=1S/C25H30N8O/c1-17(34)28-22-6-5-20(15-27-22)19-4-3-18-7-8-33(16-21(18)13-19)24-14-23(29-25(26)30-24)32-11-9-31(2)10-12-32/h3-6,13-15H,7-12,16H2,1-2H3,(H2,26,29,30)(H,27,28,34). The van der Waals surface area contributed by atoms with Gasteiger partial charge in [-0.05, 0) is 48.4 Å². The Morgan fingerprint density at radius 1 is 0.912 bits per heavy atom. The third-order valence-corrected chi connectivity index (χ3v) is 6.49. The molecule has 1 amide bonds. The minimum absolute atomic E-state index is 0.129. The first-order chi connectivity index (χ1) is 16.4. The Morgan fingerprint density at radius 2 is 1.65 bits per heavy atom. The van der Waals surface area contributed by atoms with Gasteiger partial charge in [0.1, 0.15) is 17.5 Å². The van der Waals surface area contributed by atoms with Crippen molar-refractivity contribution in [3.05, 3.63) is 53.7 Å². The van der Waals surface area contributed by atoms with Crippen LogP contribution in [0.1, 0.15) is 18.1 Å². The fourth-order valence-electron chi connectivity index (χ4n) is 4.55. The van der Waals surface area contributed by atoms with Crippen LogP contribution in [0, 0.1) is 0 Å². The predicted octanol–water partition coefficient (Wildman–Crippen LogP) is 2.39. The highest BCUT2D eigenvalue weighted by molar-refractivity contribution is 5.87. The van der Waals surface area contributed by atoms with Gasteiger partial charge in [-0.3, -0.25) is 4.79 Å². The van der Waals surface area contributed by atoms with Crippen molar-refractivity contribution in [1.82, 2.24) is 19.9 Å². The van der Waals surface area contributed by atoms with Crippen LogP contribution in [0.3, 0.4) is 0 Å². The maximum Gasteiger partial charge on any atom is 0.223 e. The molecule has 9 nitrogen and oxygen atoms in total. The van der Waals surface area contributed by atoms with Gasteiger partial charge in [-0.2, -0.15) is 9.97 Å². The topological polar surface area (TPSA) is 104 Å². The molecule has 3 N–H and O–H groups in total. The molecule has 1 fully saturated rings. The van der Waals surface area contributed by atoms with Crippen molar-refractivity contribution in [1.29, 1.82) is 0 Å². The van der Waals surface area contributed by atoms with Crippen molar-refractivity contribution in [3.63, 3.8) is 0 Å². The van der Waals surface area contributed by atoms with E-state index in [4.69, 9.17) is 5.73 Å². The summed E-state index contributed by atoms with van der Waals surface area (Å²) in [5, 5.41) is 2.71. The number of hydrogen-bond donors (Lipinski definition) is 2. The zero-order chi connectivity index (χ0) is 23.7. The molecule has 2 aromatic heterocycles. The summed E-state index contributed by atoms with van der Waals surface area (Å²) in [4.78, 5) is 31.6. The molecule has 1 aromatic carbocycles. The zero-order valence-corrected chi connectivity index (χ0v) is 19.7. The summed E-state index contributed by atoms with van der Waals surface area (Å²) < 4.78 is 0. The minimum Gasteiger partial charge on any atom is -0.368 e. The third-order valence-electron chi connectivity index (χ3n) is 6.49. The number of benzene rings is 1. The van der Waals surface area contributed by atoms with Crippen LogP contribution < -0.4 is 20.9 Å². The Balaban J connectivity index is 1.36. The molecule has 0 saturated carbocycles. The third kappa shape index (κ3) is 4.79. The van der Waals surface area contributed by atoms with E-state index in [0.29, 0.717) is 11.8 Å². The van der Waals surface area contributed by atoms with Crippen LogP contribution in [0.15, 0.2) is 42.6 Å². The number of nitrogen functional groups attached to an aromatic ring is 1. The quantitative estimate of drug-likeness (QED) is 0.614. The van der Waals surface area contributed by atoms with Gasteiger partial charge in [0.15, 0.2) is 0 Å². The SMILES string of the molecule is CC(=O)Nc1ccc(-c2ccc3c(c2)CN(c2cc(N4CCN(C)CC4)nc(N)n2)CC3)cn1. The number of carbonyl (C=O) groups is 1. The number of aromatic nitrogens is 3. The van der Waals surface area contributed by atoms with Crippen LogP contribution in [-0.2, 0) is 17.8 Å². The van der Waals surface area contributed by atoms with Crippen molar-refractivity contribution >= 4 is 29.3 Å². The smallest absolute Gasteiger partial charge is 0.223 e. The van der Waals surface area contributed by atoms with E-state index in [0.717, 1.165) is 68.5 Å². The Morgan fingerprint density at radius 3 is 2.35 bits per heavy atom. The number of rotatable bonds is 4. The zero-order valence-electron chi connectivity index (χ0n) is 19.7. The first-order valence-electron chi connectivity index (χ1n) is 11.6. The molecule has 5 rings (SSSR count). The first-order valence-corrected chi connectivity index (χ1v) is 11.6. The second-order valence-electron chi connectivity index (χ2n) is 9.00. The van der Waals surface area contributed by atoms with Crippen LogP contribution in [0.2, 0.25) is 0 Å². The molecule has 0 radical (unpaired) electrons. The van der Waals surface area contributed by atoms with E-state index in [2.05, 4.69) is 66.3 Å². The normalized spacial score (nSPS) is 16.3. The molecule has 2 aliphatic heterocycles. The molecular formula is C25H30N8O. The number of piperazine rings is 1. The molecular weight excluding hydrogens is 428 g/mol. The van der Waals surface area contributed by atoms with E-state index in [9.17, 15) is 4.79 Å². The fourth-order valence-corrected chi connectivity index (χ4v) is 4.55. The van der Waals surface area contributed by atoms with Crippen molar-refractivity contribution in [2.45, 2.75) is 19.9 Å². The van der Waals surface area contributed by atoms with E-state index in [1.165, 1.54) is 18.1 Å². The van der Waals surface area contributed by atoms with Crippen LogP contribution >= 0.6 is 0 Å². The van der Waals surface area contributed by atoms with E-state index in [1.54, 1.807) is 6.20 Å². The van der Waals surface area contributed by atoms with Gasteiger partial charge in [0, 0.05) is 64.0 Å². The predicted molar refractivity (Wildman–Crippen MR) is 135 cm³/mol. The highest BCUT2D eigenvalue weighted by Gasteiger charge is 2.22. The van der Waals surface area contributed by atoms with Crippen LogP contribution in [-0.4, -0.2) is 65.5 Å². The van der Waals surface area contributed by atoms with Gasteiger partial charge in [0.05, 0.1) is 0 Å². The Bertz CT molecular complexity index is 1190. The van der Waals surface area contributed by atoms with E-state index >= 15 is 0 Å². The van der Waals surface area contributed by atoms with Crippen molar-refractivity contribution in [2.24, 2.45) is 0 Å². The molecule has 0 atom stereocenters. The number of hydrogen-bond acceptors (Lipinski definition) is 8. The second kappa shape index (κ2) is 9.26. The van der Waals surface area contributed by atoms with Crippen LogP contribution in [0.25, 0.3) is 11.1 Å². The molecule has 1 saturated heterocycles. The summed E-state index contributed by atoms with van der Waals surface area (Å²) in [6, 6.07) is 12.4. The largest absolute Gasteiger partial charge is 0.368 e. The highest BCUT2D eigenvalue weighted by Crippen LogP contribution is 2.30. The van der Waals surface area contributed by atoms with Crippen LogP contribution in [0.4, 0.5) is 23.4 Å². The lowest BCUT2D eigenvalue weighted by Gasteiger charge is -2.34. The maximum atomic E-state index is 11.2. The fraction of sp³-hybridized carbons (Fsp3) is 0.360. The molecule has 0 spiro atoms. The summed E-state index contributed by atoms with van der Waals surface area (Å²) in [6.07, 6.45) is 2.74. The van der Waals surface area contributed by atoms with Gasteiger partial charge >= 0.3 is 0 Å². The molecule has 0 aliphatic carbocycles. The lowest BCUT2D eigenvalue weighted by molar-refractivity contribution is -0.114. The number of nitrogens with one attached hydrogen (secondary N) is 1. The van der Waals surface area contributed by atoms with Gasteiger partial charge in [-0.1, -0.05) is 12.1 Å². The van der Waals surface area contributed by atoms with Crippen molar-refractivity contribution in [3.8, 4) is 11.1 Å². The summed E-state index contributed by atoms with van der Waals surface area (Å²) >= 11 is 0. The molecule has 2 aliphatic rings. The minimum atomic E-state index is -0.129. The molecule has 176 valence electrons. The number of nitrogens with zero attached hydrogens (tertiary/aromatic N) is 6. The molecule has 0 unspecified atom stereocenters. The Kier molecular flexibility index (Phi) is 6.02. The number of likely N-dealkylation sites (N-methyl/N-ethyl adjacent to an activating group) is 1. The number of anilines is 4. The number of pyridine rings is 1. The van der Waals surface area contributed by atoms with Gasteiger partial charge in [-0.15, -0.1) is 0 Å². The van der Waals surface area contributed by atoms with Crippen molar-refractivity contribution in [2.75, 3.05) is 60.6 Å². The molecule has 3 aromatic rings. The van der Waals surface area contributed by atoms with E-state index in [1.807, 2.05) is 12.1 Å². The Labute approximate surface area is 199 Å². The highest BCUT2D eigenvalue weighted by atomic mass is 16.1. The Hall–Kier alpha value is -3.72. The van der Waals surface area contributed by atoms with Gasteiger partial charge in [-0.25, -0.2) is 4.98 Å². The monoisotopic (exact) mass is 458 g/mol. The van der Waals surface area contributed by atoms with E-state index in [-0.39, 0.29) is 5.91 Å². The summed E-state index contributed by atoms with van der Waals surface area (Å²) in [6.45, 7) is 7.03. The number of carbonyl (C=O) groups excluding carboxylic acids is 1. The lowest BCUT2D eigenvalue weighted by atomic mass is 9.95. The van der Waals surface area contributed by atoms with Crippen LogP contribution in [0.5, 0.6) is 0 Å².